The summed E-state index contributed by atoms with van der Waals surface area (Å²) in [4.78, 5) is 11.8. The minimum atomic E-state index is 0. The minimum absolute atomic E-state index is 0. The lowest BCUT2D eigenvalue weighted by molar-refractivity contribution is 0.169. The summed E-state index contributed by atoms with van der Waals surface area (Å²) in [5.41, 5.74) is 3.70. The van der Waals surface area contributed by atoms with Crippen LogP contribution in [0.3, 0.4) is 0 Å². The third-order valence-electron chi connectivity index (χ3n) is 6.09. The van der Waals surface area contributed by atoms with E-state index in [1.54, 1.807) is 6.26 Å². The fraction of sp³-hybridized carbons (Fsp3) is 0.565. The van der Waals surface area contributed by atoms with E-state index in [-0.39, 0.29) is 24.0 Å². The summed E-state index contributed by atoms with van der Waals surface area (Å²) in [6, 6.07) is 11.0. The molecule has 170 valence electrons. The van der Waals surface area contributed by atoms with Gasteiger partial charge in [0.05, 0.1) is 5.69 Å². The highest BCUT2D eigenvalue weighted by Crippen LogP contribution is 2.14. The molecule has 8 heteroatoms. The first-order valence-electron chi connectivity index (χ1n) is 11.2. The molecule has 2 aliphatic rings. The number of hydrogen-bond acceptors (Lipinski definition) is 5. The standard InChI is InChI=1S/C23H34N6O.HI/c1-24-23(29-14-12-28(13-15-29)19-22-9-16-30-26-22)25-17-20-5-7-21(8-6-20)18-27-10-3-2-4-11-27;/h5-9,16H,2-4,10-15,17-19H2,1H3,(H,24,25);1H. The average molecular weight is 538 g/mol. The van der Waals surface area contributed by atoms with E-state index in [9.17, 15) is 0 Å². The van der Waals surface area contributed by atoms with E-state index in [0.717, 1.165) is 57.5 Å². The van der Waals surface area contributed by atoms with Crippen molar-refractivity contribution in [3.05, 3.63) is 53.4 Å². The van der Waals surface area contributed by atoms with E-state index in [0.29, 0.717) is 0 Å². The summed E-state index contributed by atoms with van der Waals surface area (Å²) in [5, 5.41) is 7.55. The van der Waals surface area contributed by atoms with E-state index >= 15 is 0 Å². The van der Waals surface area contributed by atoms with E-state index in [1.807, 2.05) is 13.1 Å². The minimum Gasteiger partial charge on any atom is -0.364 e. The smallest absolute Gasteiger partial charge is 0.194 e. The summed E-state index contributed by atoms with van der Waals surface area (Å²) in [7, 11) is 1.87. The topological polar surface area (TPSA) is 60.1 Å². The molecule has 1 aromatic heterocycles. The van der Waals surface area contributed by atoms with Crippen LogP contribution >= 0.6 is 24.0 Å². The third-order valence-corrected chi connectivity index (χ3v) is 6.09. The maximum absolute atomic E-state index is 4.93. The molecule has 2 fully saturated rings. The van der Waals surface area contributed by atoms with E-state index in [2.05, 4.69) is 54.4 Å². The highest BCUT2D eigenvalue weighted by molar-refractivity contribution is 14.0. The molecule has 1 aromatic carbocycles. The number of guanidine groups is 1. The van der Waals surface area contributed by atoms with Crippen LogP contribution in [-0.2, 0) is 19.6 Å². The number of aromatic nitrogens is 1. The van der Waals surface area contributed by atoms with E-state index in [4.69, 9.17) is 4.52 Å². The van der Waals surface area contributed by atoms with Crippen molar-refractivity contribution in [1.82, 2.24) is 25.2 Å². The van der Waals surface area contributed by atoms with Crippen molar-refractivity contribution >= 4 is 29.9 Å². The molecule has 0 unspecified atom stereocenters. The van der Waals surface area contributed by atoms with Gasteiger partial charge in [0.1, 0.15) is 6.26 Å². The van der Waals surface area contributed by atoms with E-state index in [1.165, 1.54) is 43.5 Å². The number of nitrogens with zero attached hydrogens (tertiary/aromatic N) is 5. The Morgan fingerprint density at radius 3 is 2.23 bits per heavy atom. The Kier molecular flexibility index (Phi) is 9.60. The predicted molar refractivity (Wildman–Crippen MR) is 135 cm³/mol. The van der Waals surface area contributed by atoms with Gasteiger partial charge >= 0.3 is 0 Å². The van der Waals surface area contributed by atoms with Gasteiger partial charge in [0.2, 0.25) is 0 Å². The van der Waals surface area contributed by atoms with Gasteiger partial charge in [-0.1, -0.05) is 35.8 Å². The Balaban J connectivity index is 0.00000272. The van der Waals surface area contributed by atoms with Crippen molar-refractivity contribution in [2.24, 2.45) is 4.99 Å². The Bertz CT molecular complexity index is 781. The molecule has 4 rings (SSSR count). The highest BCUT2D eigenvalue weighted by atomic mass is 127. The zero-order chi connectivity index (χ0) is 20.6. The zero-order valence-corrected chi connectivity index (χ0v) is 20.8. The fourth-order valence-corrected chi connectivity index (χ4v) is 4.32. The molecule has 31 heavy (non-hydrogen) atoms. The fourth-order valence-electron chi connectivity index (χ4n) is 4.32. The van der Waals surface area contributed by atoms with Gasteiger partial charge in [-0.15, -0.1) is 24.0 Å². The van der Waals surface area contributed by atoms with Crippen molar-refractivity contribution in [3.8, 4) is 0 Å². The van der Waals surface area contributed by atoms with Gasteiger partial charge in [0.25, 0.3) is 0 Å². The molecule has 7 nitrogen and oxygen atoms in total. The van der Waals surface area contributed by atoms with Gasteiger partial charge in [0, 0.05) is 58.9 Å². The molecule has 3 heterocycles. The SMILES string of the molecule is CN=C(NCc1ccc(CN2CCCCC2)cc1)N1CCN(Cc2ccon2)CC1.I. The van der Waals surface area contributed by atoms with Crippen molar-refractivity contribution in [2.75, 3.05) is 46.3 Å². The number of likely N-dealkylation sites (tertiary alicyclic amines) is 1. The first kappa shape index (κ1) is 24.0. The molecule has 0 atom stereocenters. The van der Waals surface area contributed by atoms with Crippen molar-refractivity contribution < 1.29 is 4.52 Å². The number of hydrogen-bond donors (Lipinski definition) is 1. The lowest BCUT2D eigenvalue weighted by atomic mass is 10.1. The molecular weight excluding hydrogens is 503 g/mol. The van der Waals surface area contributed by atoms with Crippen LogP contribution in [0.2, 0.25) is 0 Å². The largest absolute Gasteiger partial charge is 0.364 e. The van der Waals surface area contributed by atoms with Crippen LogP contribution in [0.15, 0.2) is 46.1 Å². The molecule has 0 aliphatic carbocycles. The van der Waals surface area contributed by atoms with Gasteiger partial charge in [0.15, 0.2) is 5.96 Å². The molecule has 2 aliphatic heterocycles. The van der Waals surface area contributed by atoms with Gasteiger partial charge in [-0.3, -0.25) is 14.8 Å². The molecular formula is C23H35IN6O. The number of piperidine rings is 1. The summed E-state index contributed by atoms with van der Waals surface area (Å²) < 4.78 is 4.93. The zero-order valence-electron chi connectivity index (χ0n) is 18.5. The van der Waals surface area contributed by atoms with Crippen LogP contribution in [0.4, 0.5) is 0 Å². The monoisotopic (exact) mass is 538 g/mol. The average Bonchev–Trinajstić information content (AvgIpc) is 3.30. The number of rotatable bonds is 6. The molecule has 2 aromatic rings. The first-order chi connectivity index (χ1) is 14.8. The Hall–Kier alpha value is -1.65. The molecule has 0 amide bonds. The number of nitrogens with one attached hydrogen (secondary N) is 1. The van der Waals surface area contributed by atoms with Gasteiger partial charge in [-0.25, -0.2) is 0 Å². The molecule has 0 radical (unpaired) electrons. The second-order valence-corrected chi connectivity index (χ2v) is 8.31. The quantitative estimate of drug-likeness (QED) is 0.347. The first-order valence-corrected chi connectivity index (χ1v) is 11.2. The molecule has 0 bridgehead atoms. The molecule has 2 saturated heterocycles. The number of benzene rings is 1. The van der Waals surface area contributed by atoms with Crippen LogP contribution < -0.4 is 5.32 Å². The van der Waals surface area contributed by atoms with Gasteiger partial charge in [-0.2, -0.15) is 0 Å². The maximum atomic E-state index is 4.93. The van der Waals surface area contributed by atoms with Gasteiger partial charge in [-0.05, 0) is 37.1 Å². The summed E-state index contributed by atoms with van der Waals surface area (Å²) in [6.07, 6.45) is 5.71. The lowest BCUT2D eigenvalue weighted by Gasteiger charge is -2.36. The number of aliphatic imine (C=N–C) groups is 1. The summed E-state index contributed by atoms with van der Waals surface area (Å²) in [5.74, 6) is 0.980. The normalized spacial score (nSPS) is 18.6. The van der Waals surface area contributed by atoms with Crippen LogP contribution in [0.5, 0.6) is 0 Å². The van der Waals surface area contributed by atoms with Crippen molar-refractivity contribution in [1.29, 1.82) is 0 Å². The highest BCUT2D eigenvalue weighted by Gasteiger charge is 2.20. The maximum Gasteiger partial charge on any atom is 0.194 e. The summed E-state index contributed by atoms with van der Waals surface area (Å²) >= 11 is 0. The number of piperazine rings is 1. The Morgan fingerprint density at radius 1 is 0.903 bits per heavy atom. The summed E-state index contributed by atoms with van der Waals surface area (Å²) in [6.45, 7) is 9.14. The van der Waals surface area contributed by atoms with E-state index < -0.39 is 0 Å². The Labute approximate surface area is 202 Å². The second kappa shape index (κ2) is 12.4. The van der Waals surface area contributed by atoms with Gasteiger partial charge < -0.3 is 14.7 Å². The lowest BCUT2D eigenvalue weighted by Crippen LogP contribution is -2.52. The number of halogens is 1. The molecule has 0 spiro atoms. The van der Waals surface area contributed by atoms with Crippen LogP contribution in [0, 0.1) is 0 Å². The molecule has 0 saturated carbocycles. The second-order valence-electron chi connectivity index (χ2n) is 8.31. The molecule has 1 N–H and O–H groups in total. The van der Waals surface area contributed by atoms with Crippen molar-refractivity contribution in [2.45, 2.75) is 38.9 Å². The van der Waals surface area contributed by atoms with Crippen LogP contribution in [0.1, 0.15) is 36.1 Å². The predicted octanol–water partition coefficient (Wildman–Crippen LogP) is 3.17. The van der Waals surface area contributed by atoms with Crippen LogP contribution in [-0.4, -0.2) is 72.1 Å². The van der Waals surface area contributed by atoms with Crippen molar-refractivity contribution in [3.63, 3.8) is 0 Å². The van der Waals surface area contributed by atoms with Crippen LogP contribution in [0.25, 0.3) is 0 Å². The third kappa shape index (κ3) is 7.18. The Morgan fingerprint density at radius 2 is 1.58 bits per heavy atom.